The van der Waals surface area contributed by atoms with Crippen molar-refractivity contribution < 1.29 is 4.79 Å². The van der Waals surface area contributed by atoms with E-state index in [2.05, 4.69) is 47.2 Å². The molecule has 2 aromatic rings. The maximum atomic E-state index is 12.3. The molecule has 2 heterocycles. The van der Waals surface area contributed by atoms with E-state index in [9.17, 15) is 4.79 Å². The molecule has 0 radical (unpaired) electrons. The highest BCUT2D eigenvalue weighted by atomic mass is 16.2. The van der Waals surface area contributed by atoms with Crippen LogP contribution in [-0.2, 0) is 17.8 Å². The lowest BCUT2D eigenvalue weighted by Gasteiger charge is -2.22. The monoisotopic (exact) mass is 340 g/mol. The first-order valence-corrected chi connectivity index (χ1v) is 8.99. The number of benzene rings is 1. The minimum Gasteiger partial charge on any atom is -0.369 e. The molecular weight excluding hydrogens is 312 g/mol. The molecule has 1 aromatic carbocycles. The number of amides is 1. The van der Waals surface area contributed by atoms with Gasteiger partial charge in [0.25, 0.3) is 0 Å². The minimum absolute atomic E-state index is 0.00121. The molecule has 1 atom stereocenters. The summed E-state index contributed by atoms with van der Waals surface area (Å²) >= 11 is 0. The molecule has 1 N–H and O–H groups in total. The summed E-state index contributed by atoms with van der Waals surface area (Å²) in [5, 5.41) is 3.00. The Labute approximate surface area is 150 Å². The van der Waals surface area contributed by atoms with Gasteiger partial charge in [-0.15, -0.1) is 0 Å². The van der Waals surface area contributed by atoms with Crippen molar-refractivity contribution in [2.24, 2.45) is 0 Å². The van der Waals surface area contributed by atoms with Gasteiger partial charge in [-0.3, -0.25) is 4.79 Å². The quantitative estimate of drug-likeness (QED) is 0.929. The van der Waals surface area contributed by atoms with Gasteiger partial charge in [-0.1, -0.05) is 6.07 Å². The normalized spacial score (nSPS) is 16.8. The number of imidazole rings is 1. The molecule has 0 aliphatic carbocycles. The van der Waals surface area contributed by atoms with Crippen LogP contribution in [0.25, 0.3) is 11.3 Å². The number of aromatic nitrogens is 2. The number of carbonyl (C=O) groups is 1. The molecule has 1 aliphatic rings. The van der Waals surface area contributed by atoms with E-state index < -0.39 is 0 Å². The lowest BCUT2D eigenvalue weighted by atomic mass is 10.1. The Balaban J connectivity index is 1.84. The molecule has 134 valence electrons. The summed E-state index contributed by atoms with van der Waals surface area (Å²) in [6.45, 7) is 11.7. The van der Waals surface area contributed by atoms with Gasteiger partial charge in [-0.25, -0.2) is 4.98 Å². The SMILES string of the molecule is CCN1c2ccc(-c3cncn3CC(=O)NC(C)(C)C)cc2C[C@@H]1C. The fourth-order valence-corrected chi connectivity index (χ4v) is 3.64. The van der Waals surface area contributed by atoms with Crippen molar-refractivity contribution in [2.45, 2.75) is 59.2 Å². The Kier molecular flexibility index (Phi) is 4.58. The van der Waals surface area contributed by atoms with Gasteiger partial charge in [-0.05, 0) is 58.7 Å². The van der Waals surface area contributed by atoms with E-state index in [-0.39, 0.29) is 18.0 Å². The smallest absolute Gasteiger partial charge is 0.240 e. The molecule has 1 aromatic heterocycles. The first kappa shape index (κ1) is 17.5. The third-order valence-corrected chi connectivity index (χ3v) is 4.61. The van der Waals surface area contributed by atoms with Gasteiger partial charge in [0.15, 0.2) is 0 Å². The number of carbonyl (C=O) groups excluding carboxylic acids is 1. The molecular formula is C20H28N4O. The predicted octanol–water partition coefficient (Wildman–Crippen LogP) is 3.24. The average molecular weight is 340 g/mol. The zero-order valence-electron chi connectivity index (χ0n) is 15.8. The Morgan fingerprint density at radius 2 is 2.12 bits per heavy atom. The Bertz CT molecular complexity index is 772. The minimum atomic E-state index is -0.231. The highest BCUT2D eigenvalue weighted by molar-refractivity contribution is 5.77. The van der Waals surface area contributed by atoms with E-state index in [1.54, 1.807) is 6.33 Å². The summed E-state index contributed by atoms with van der Waals surface area (Å²) in [7, 11) is 0. The lowest BCUT2D eigenvalue weighted by Crippen LogP contribution is -2.42. The van der Waals surface area contributed by atoms with Crippen LogP contribution in [0.4, 0.5) is 5.69 Å². The molecule has 0 unspecified atom stereocenters. The Morgan fingerprint density at radius 1 is 1.36 bits per heavy atom. The number of likely N-dealkylation sites (N-methyl/N-ethyl adjacent to an activating group) is 1. The molecule has 0 fully saturated rings. The number of hydrogen-bond donors (Lipinski definition) is 1. The van der Waals surface area contributed by atoms with Gasteiger partial charge in [0.1, 0.15) is 6.54 Å². The Morgan fingerprint density at radius 3 is 2.80 bits per heavy atom. The van der Waals surface area contributed by atoms with Gasteiger partial charge in [0, 0.05) is 29.4 Å². The van der Waals surface area contributed by atoms with Crippen molar-refractivity contribution in [3.05, 3.63) is 36.3 Å². The topological polar surface area (TPSA) is 50.2 Å². The molecule has 0 saturated heterocycles. The van der Waals surface area contributed by atoms with Crippen LogP contribution in [0.2, 0.25) is 0 Å². The maximum Gasteiger partial charge on any atom is 0.240 e. The summed E-state index contributed by atoms with van der Waals surface area (Å²) in [6, 6.07) is 7.12. The van der Waals surface area contributed by atoms with Crippen LogP contribution in [0.5, 0.6) is 0 Å². The van der Waals surface area contributed by atoms with Crippen LogP contribution in [0, 0.1) is 0 Å². The molecule has 25 heavy (non-hydrogen) atoms. The highest BCUT2D eigenvalue weighted by Gasteiger charge is 2.25. The second kappa shape index (κ2) is 6.54. The Hall–Kier alpha value is -2.30. The number of fused-ring (bicyclic) bond motifs is 1. The van der Waals surface area contributed by atoms with Crippen molar-refractivity contribution in [3.63, 3.8) is 0 Å². The van der Waals surface area contributed by atoms with Crippen molar-refractivity contribution in [3.8, 4) is 11.3 Å². The summed E-state index contributed by atoms with van der Waals surface area (Å²) < 4.78 is 1.92. The maximum absolute atomic E-state index is 12.3. The van der Waals surface area contributed by atoms with Crippen molar-refractivity contribution in [1.29, 1.82) is 0 Å². The molecule has 1 aliphatic heterocycles. The molecule has 0 saturated carbocycles. The second-order valence-electron chi connectivity index (χ2n) is 7.89. The lowest BCUT2D eigenvalue weighted by molar-refractivity contribution is -0.123. The van der Waals surface area contributed by atoms with Crippen molar-refractivity contribution in [2.75, 3.05) is 11.4 Å². The first-order valence-electron chi connectivity index (χ1n) is 8.99. The predicted molar refractivity (Wildman–Crippen MR) is 102 cm³/mol. The van der Waals surface area contributed by atoms with Crippen LogP contribution in [0.1, 0.15) is 40.2 Å². The number of hydrogen-bond acceptors (Lipinski definition) is 3. The second-order valence-corrected chi connectivity index (χ2v) is 7.89. The van der Waals surface area contributed by atoms with E-state index >= 15 is 0 Å². The number of rotatable bonds is 4. The third-order valence-electron chi connectivity index (χ3n) is 4.61. The zero-order valence-corrected chi connectivity index (χ0v) is 15.8. The fourth-order valence-electron chi connectivity index (χ4n) is 3.64. The summed E-state index contributed by atoms with van der Waals surface area (Å²) in [4.78, 5) is 19.0. The van der Waals surface area contributed by atoms with Gasteiger partial charge in [0.05, 0.1) is 18.2 Å². The van der Waals surface area contributed by atoms with E-state index in [0.717, 1.165) is 24.2 Å². The van der Waals surface area contributed by atoms with Crippen molar-refractivity contribution >= 4 is 11.6 Å². The van der Waals surface area contributed by atoms with Gasteiger partial charge in [-0.2, -0.15) is 0 Å². The van der Waals surface area contributed by atoms with Gasteiger partial charge < -0.3 is 14.8 Å². The number of nitrogens with zero attached hydrogens (tertiary/aromatic N) is 3. The van der Waals surface area contributed by atoms with E-state index in [1.165, 1.54) is 11.3 Å². The van der Waals surface area contributed by atoms with Crippen LogP contribution >= 0.6 is 0 Å². The van der Waals surface area contributed by atoms with Crippen molar-refractivity contribution in [1.82, 2.24) is 14.9 Å². The third kappa shape index (κ3) is 3.70. The van der Waals surface area contributed by atoms with Crippen LogP contribution in [-0.4, -0.2) is 33.6 Å². The zero-order chi connectivity index (χ0) is 18.2. The number of nitrogens with one attached hydrogen (secondary N) is 1. The molecule has 5 heteroatoms. The van der Waals surface area contributed by atoms with E-state index in [4.69, 9.17) is 0 Å². The van der Waals surface area contributed by atoms with Crippen LogP contribution < -0.4 is 10.2 Å². The molecule has 5 nitrogen and oxygen atoms in total. The molecule has 3 rings (SSSR count). The van der Waals surface area contributed by atoms with E-state index in [0.29, 0.717) is 6.04 Å². The van der Waals surface area contributed by atoms with Gasteiger partial charge >= 0.3 is 0 Å². The van der Waals surface area contributed by atoms with Crippen LogP contribution in [0.15, 0.2) is 30.7 Å². The van der Waals surface area contributed by atoms with E-state index in [1.807, 2.05) is 31.5 Å². The van der Waals surface area contributed by atoms with Gasteiger partial charge in [0.2, 0.25) is 5.91 Å². The summed E-state index contributed by atoms with van der Waals surface area (Å²) in [6.07, 6.45) is 4.63. The standard InChI is InChI=1S/C20H28N4O/c1-6-24-14(2)9-16-10-15(7-8-17(16)24)18-11-21-13-23(18)12-19(25)22-20(3,4)5/h7-8,10-11,13-14H,6,9,12H2,1-5H3,(H,22,25)/t14-/m0/s1. The molecule has 0 spiro atoms. The molecule has 0 bridgehead atoms. The largest absolute Gasteiger partial charge is 0.369 e. The highest BCUT2D eigenvalue weighted by Crippen LogP contribution is 2.35. The first-order chi connectivity index (χ1) is 11.8. The summed E-state index contributed by atoms with van der Waals surface area (Å²) in [5.41, 5.74) is 4.57. The molecule has 1 amide bonds. The fraction of sp³-hybridized carbons (Fsp3) is 0.500. The summed E-state index contributed by atoms with van der Waals surface area (Å²) in [5.74, 6) is -0.00121. The van der Waals surface area contributed by atoms with Crippen LogP contribution in [0.3, 0.4) is 0 Å². The number of anilines is 1. The average Bonchev–Trinajstić information content (AvgIpc) is 3.07.